The molecule has 0 heterocycles. The first-order valence-corrected chi connectivity index (χ1v) is 14.5. The smallest absolute Gasteiger partial charge is 0.200 e. The van der Waals surface area contributed by atoms with Gasteiger partial charge in [-0.25, -0.2) is 0 Å². The zero-order chi connectivity index (χ0) is 41.2. The second-order valence-electron chi connectivity index (χ2n) is 11.6. The van der Waals surface area contributed by atoms with Gasteiger partial charge in [-0.15, -0.1) is 0 Å². The van der Waals surface area contributed by atoms with Crippen molar-refractivity contribution in [1.82, 2.24) is 0 Å². The minimum Gasteiger partial charge on any atom is -0.200 e. The Morgan fingerprint density at radius 1 is 0.235 bits per heavy atom. The fraction of sp³-hybridized carbons (Fsp3) is 1.00. The molecule has 25 heteroatoms. The van der Waals surface area contributed by atoms with Gasteiger partial charge < -0.3 is 0 Å². The topological polar surface area (TPSA) is 0 Å². The molecule has 0 saturated heterocycles. The number of alkyl halides is 25. The number of hydrogen-bond donors (Lipinski definition) is 0. The first-order chi connectivity index (χ1) is 22.3. The summed E-state index contributed by atoms with van der Waals surface area (Å²) >= 11 is 0. The van der Waals surface area contributed by atoms with Gasteiger partial charge in [-0.1, -0.05) is 77.6 Å². The standard InChI is InChI=1S/C26H29F25/c1-2-3-4-5-6-7-8-9-10-11-12-13-14-15(27,28)16(29,30)17(31,32)18(33,34)19(35,36)20(37,38)21(39,40)22(41,42)23(43,44)24(45,46)25(47,48)26(49,50)51/h2-14H2,1H3. The van der Waals surface area contributed by atoms with Gasteiger partial charge in [0, 0.05) is 6.42 Å². The molecule has 0 aromatic rings. The summed E-state index contributed by atoms with van der Waals surface area (Å²) in [6.07, 6.45) is -6.12. The Kier molecular flexibility index (Phi) is 15.0. The van der Waals surface area contributed by atoms with Gasteiger partial charge in [0.05, 0.1) is 0 Å². The van der Waals surface area contributed by atoms with E-state index in [1.165, 1.54) is 0 Å². The predicted octanol–water partition coefficient (Wildman–Crippen LogP) is 13.6. The number of hydrogen-bond acceptors (Lipinski definition) is 0. The van der Waals surface area contributed by atoms with Crippen LogP contribution in [0.1, 0.15) is 90.4 Å². The highest BCUT2D eigenvalue weighted by atomic mass is 19.4. The van der Waals surface area contributed by atoms with E-state index in [2.05, 4.69) is 0 Å². The van der Waals surface area contributed by atoms with Crippen LogP contribution in [-0.4, -0.2) is 71.3 Å². The van der Waals surface area contributed by atoms with Crippen LogP contribution in [0.3, 0.4) is 0 Å². The van der Waals surface area contributed by atoms with Crippen LogP contribution in [-0.2, 0) is 0 Å². The van der Waals surface area contributed by atoms with Gasteiger partial charge in [-0.05, 0) is 6.42 Å². The minimum absolute atomic E-state index is 0.101. The van der Waals surface area contributed by atoms with Crippen LogP contribution in [0.2, 0.25) is 0 Å². The highest BCUT2D eigenvalue weighted by Gasteiger charge is 2.99. The van der Waals surface area contributed by atoms with Crippen LogP contribution in [0.25, 0.3) is 0 Å². The molecule has 0 saturated carbocycles. The van der Waals surface area contributed by atoms with E-state index in [1.807, 2.05) is 6.92 Å². The number of rotatable bonds is 23. The molecule has 0 N–H and O–H groups in total. The summed E-state index contributed by atoms with van der Waals surface area (Å²) in [5.74, 6) is -97.6. The zero-order valence-corrected chi connectivity index (χ0v) is 25.6. The third kappa shape index (κ3) is 8.19. The molecule has 0 spiro atoms. The van der Waals surface area contributed by atoms with Gasteiger partial charge in [-0.2, -0.15) is 110 Å². The van der Waals surface area contributed by atoms with Crippen molar-refractivity contribution < 1.29 is 110 Å². The largest absolute Gasteiger partial charge is 0.460 e. The first-order valence-electron chi connectivity index (χ1n) is 14.5. The van der Waals surface area contributed by atoms with E-state index < -0.39 is 90.6 Å². The average Bonchev–Trinajstić information content (AvgIpc) is 2.95. The third-order valence-corrected chi connectivity index (χ3v) is 7.71. The van der Waals surface area contributed by atoms with Crippen LogP contribution < -0.4 is 0 Å². The maximum Gasteiger partial charge on any atom is 0.460 e. The molecule has 0 unspecified atom stereocenters. The van der Waals surface area contributed by atoms with E-state index in [1.54, 1.807) is 0 Å². The monoisotopic (exact) mass is 816 g/mol. The quantitative estimate of drug-likeness (QED) is 0.0712. The number of halogens is 25. The lowest BCUT2D eigenvalue weighted by Crippen LogP contribution is -2.78. The maximum absolute atomic E-state index is 14.0. The summed E-state index contributed by atoms with van der Waals surface area (Å²) in [5.41, 5.74) is 0. The summed E-state index contributed by atoms with van der Waals surface area (Å²) in [7, 11) is 0. The van der Waals surface area contributed by atoms with Gasteiger partial charge in [0.2, 0.25) is 0 Å². The van der Waals surface area contributed by atoms with Gasteiger partial charge in [0.25, 0.3) is 0 Å². The second-order valence-corrected chi connectivity index (χ2v) is 11.6. The zero-order valence-electron chi connectivity index (χ0n) is 25.6. The van der Waals surface area contributed by atoms with Crippen LogP contribution in [0.15, 0.2) is 0 Å². The average molecular weight is 816 g/mol. The lowest BCUT2D eigenvalue weighted by molar-refractivity contribution is -0.482. The molecule has 0 rings (SSSR count). The Balaban J connectivity index is 6.26. The van der Waals surface area contributed by atoms with Crippen molar-refractivity contribution in [2.24, 2.45) is 0 Å². The van der Waals surface area contributed by atoms with Crippen LogP contribution in [0, 0.1) is 0 Å². The van der Waals surface area contributed by atoms with Crippen molar-refractivity contribution >= 4 is 0 Å². The highest BCUT2D eigenvalue weighted by molar-refractivity contribution is 5.19. The highest BCUT2D eigenvalue weighted by Crippen LogP contribution is 2.68. The molecule has 0 atom stereocenters. The molecule has 0 aliphatic heterocycles. The van der Waals surface area contributed by atoms with Crippen molar-refractivity contribution in [1.29, 1.82) is 0 Å². The van der Waals surface area contributed by atoms with Crippen molar-refractivity contribution in [2.75, 3.05) is 0 Å². The fourth-order valence-electron chi connectivity index (χ4n) is 4.33. The van der Waals surface area contributed by atoms with Crippen LogP contribution in [0.4, 0.5) is 110 Å². The Morgan fingerprint density at radius 3 is 0.667 bits per heavy atom. The molecule has 0 nitrogen and oxygen atoms in total. The fourth-order valence-corrected chi connectivity index (χ4v) is 4.33. The van der Waals surface area contributed by atoms with Gasteiger partial charge >= 0.3 is 71.3 Å². The molecule has 0 aromatic heterocycles. The molecular weight excluding hydrogens is 787 g/mol. The van der Waals surface area contributed by atoms with Gasteiger partial charge in [0.15, 0.2) is 0 Å². The Bertz CT molecular complexity index is 1090. The SMILES string of the molecule is CCCCCCCCCCCCCCC(F)(F)C(F)(F)C(F)(F)C(F)(F)C(F)(F)C(F)(F)C(F)(F)C(F)(F)C(F)(F)C(F)(F)C(F)(F)C(F)(F)F. The van der Waals surface area contributed by atoms with E-state index in [-0.39, 0.29) is 12.8 Å². The van der Waals surface area contributed by atoms with E-state index in [0.29, 0.717) is 12.8 Å². The van der Waals surface area contributed by atoms with E-state index in [9.17, 15) is 110 Å². The van der Waals surface area contributed by atoms with Crippen molar-refractivity contribution in [3.05, 3.63) is 0 Å². The summed E-state index contributed by atoms with van der Waals surface area (Å²) in [5, 5.41) is 0. The maximum atomic E-state index is 14.0. The van der Waals surface area contributed by atoms with Crippen LogP contribution in [0.5, 0.6) is 0 Å². The van der Waals surface area contributed by atoms with Crippen molar-refractivity contribution in [3.63, 3.8) is 0 Å². The Hall–Kier alpha value is -1.75. The van der Waals surface area contributed by atoms with Crippen molar-refractivity contribution in [3.8, 4) is 0 Å². The molecule has 0 bridgehead atoms. The molecule has 0 aliphatic rings. The second kappa shape index (κ2) is 15.5. The summed E-state index contributed by atoms with van der Waals surface area (Å²) in [6, 6.07) is 0. The third-order valence-electron chi connectivity index (χ3n) is 7.71. The van der Waals surface area contributed by atoms with E-state index in [4.69, 9.17) is 0 Å². The molecule has 0 radical (unpaired) electrons. The molecular formula is C26H29F25. The molecule has 308 valence electrons. The normalized spacial score (nSPS) is 15.9. The number of unbranched alkanes of at least 4 members (excludes halogenated alkanes) is 11. The van der Waals surface area contributed by atoms with Crippen molar-refractivity contribution in [2.45, 2.75) is 162 Å². The summed E-state index contributed by atoms with van der Waals surface area (Å²) < 4.78 is 338. The van der Waals surface area contributed by atoms with Gasteiger partial charge in [0.1, 0.15) is 0 Å². The minimum atomic E-state index is -9.57. The van der Waals surface area contributed by atoms with Gasteiger partial charge in [-0.3, -0.25) is 0 Å². The van der Waals surface area contributed by atoms with Crippen LogP contribution >= 0.6 is 0 Å². The Labute approximate surface area is 272 Å². The Morgan fingerprint density at radius 2 is 0.431 bits per heavy atom. The van der Waals surface area contributed by atoms with E-state index >= 15 is 0 Å². The molecule has 0 fully saturated rings. The lowest BCUT2D eigenvalue weighted by atomic mass is 9.84. The lowest BCUT2D eigenvalue weighted by Gasteiger charge is -2.45. The summed E-state index contributed by atoms with van der Waals surface area (Å²) in [4.78, 5) is 0. The molecule has 51 heavy (non-hydrogen) atoms. The first kappa shape index (κ1) is 49.2. The summed E-state index contributed by atoms with van der Waals surface area (Å²) in [6.45, 7) is 1.97. The van der Waals surface area contributed by atoms with E-state index in [0.717, 1.165) is 38.5 Å². The molecule has 0 amide bonds. The predicted molar refractivity (Wildman–Crippen MR) is 126 cm³/mol. The molecule has 0 aliphatic carbocycles. The molecule has 0 aromatic carbocycles.